The zero-order valence-electron chi connectivity index (χ0n) is 71.0. The van der Waals surface area contributed by atoms with Gasteiger partial charge in [-0.3, -0.25) is 0 Å². The van der Waals surface area contributed by atoms with Crippen molar-refractivity contribution in [2.45, 2.75) is 75.0 Å². The van der Waals surface area contributed by atoms with Gasteiger partial charge in [0.15, 0.2) is 0 Å². The van der Waals surface area contributed by atoms with Gasteiger partial charge in [-0.25, -0.2) is 0 Å². The minimum Gasteiger partial charge on any atom is -0.311 e. The molecule has 0 saturated heterocycles. The standard InChI is InChI=1S/2C62H49N/c1-2-11-43(12-3-1)44-23-29-52(30-24-44)63(54-33-27-47(28-34-54)56-19-9-14-46-13-4-5-17-55(46)56)53-31-25-45(26-32-53)48-15-8-16-49(40-48)57-20-10-21-59-58-18-6-7-22-60(58)62(61(57)59)50-36-41-35-42(38-50)39-51(62)37-41;1-2-10-43(11-3-1)44-20-27-53(28-21-44)63(55-31-24-47(25-32-55)57-18-9-13-46-12-4-5-16-56(46)57)54-29-22-45(23-30-54)48-14-8-15-49(39-48)50-26-33-61-59(40-50)58-17-6-7-19-60(58)62(61)51-35-41-34-42(37-51)38-52(62)36-41/h1-34,40-42,50-51H,35-39H2;1-33,39-42,51-52H,34-38H2. The normalized spacial score (nSPS) is 21.4. The molecule has 0 aromatic heterocycles. The summed E-state index contributed by atoms with van der Waals surface area (Å²) in [5.41, 5.74) is 39.6. The van der Waals surface area contributed by atoms with Crippen LogP contribution in [0.4, 0.5) is 34.1 Å². The molecule has 2 spiro atoms. The summed E-state index contributed by atoms with van der Waals surface area (Å²) in [6.45, 7) is 0. The Labute approximate surface area is 740 Å². The number of rotatable bonds is 14. The summed E-state index contributed by atoms with van der Waals surface area (Å²) >= 11 is 0. The van der Waals surface area contributed by atoms with Crippen LogP contribution in [-0.2, 0) is 10.8 Å². The smallest absolute Gasteiger partial charge is 0.0462 e. The Balaban J connectivity index is 0.000000137. The molecule has 0 atom stereocenters. The van der Waals surface area contributed by atoms with Crippen molar-refractivity contribution in [3.05, 3.63) is 447 Å². The molecule has 604 valence electrons. The summed E-state index contributed by atoms with van der Waals surface area (Å²) in [5, 5.41) is 5.06. The molecule has 18 aromatic carbocycles. The summed E-state index contributed by atoms with van der Waals surface area (Å²) in [6.07, 6.45) is 14.2. The van der Waals surface area contributed by atoms with E-state index in [1.807, 2.05) is 0 Å². The second-order valence-corrected chi connectivity index (χ2v) is 37.8. The number of benzene rings is 18. The van der Waals surface area contributed by atoms with Crippen LogP contribution in [0.3, 0.4) is 0 Å². The van der Waals surface area contributed by atoms with Gasteiger partial charge in [0.1, 0.15) is 0 Å². The quantitative estimate of drug-likeness (QED) is 0.107. The average Bonchev–Trinajstić information content (AvgIpc) is 1.51. The highest BCUT2D eigenvalue weighted by Gasteiger charge is 2.63. The van der Waals surface area contributed by atoms with E-state index in [1.165, 1.54) is 197 Å². The number of hydrogen-bond donors (Lipinski definition) is 0. The predicted molar refractivity (Wildman–Crippen MR) is 527 cm³/mol. The summed E-state index contributed by atoms with van der Waals surface area (Å²) in [5.74, 6) is 6.79. The van der Waals surface area contributed by atoms with Gasteiger partial charge in [-0.15, -0.1) is 0 Å². The van der Waals surface area contributed by atoms with Gasteiger partial charge in [-0.2, -0.15) is 0 Å². The highest BCUT2D eigenvalue weighted by Crippen LogP contribution is 2.72. The second-order valence-electron chi connectivity index (χ2n) is 37.8. The van der Waals surface area contributed by atoms with Crippen molar-refractivity contribution in [2.24, 2.45) is 47.3 Å². The van der Waals surface area contributed by atoms with Crippen molar-refractivity contribution in [3.63, 3.8) is 0 Å². The number of fused-ring (bicyclic) bond motifs is 8. The van der Waals surface area contributed by atoms with Crippen molar-refractivity contribution in [1.82, 2.24) is 0 Å². The molecule has 0 amide bonds. The predicted octanol–water partition coefficient (Wildman–Crippen LogP) is 33.4. The van der Waals surface area contributed by atoms with Crippen LogP contribution >= 0.6 is 0 Å². The lowest BCUT2D eigenvalue weighted by Gasteiger charge is -2.61. The van der Waals surface area contributed by atoms with E-state index in [4.69, 9.17) is 0 Å². The van der Waals surface area contributed by atoms with Gasteiger partial charge in [0, 0.05) is 45.0 Å². The molecule has 2 nitrogen and oxygen atoms in total. The molecule has 0 N–H and O–H groups in total. The molecule has 8 bridgehead atoms. The van der Waals surface area contributed by atoms with Crippen molar-refractivity contribution in [3.8, 4) is 111 Å². The van der Waals surface area contributed by atoms with Crippen molar-refractivity contribution < 1.29 is 0 Å². The maximum absolute atomic E-state index is 2.55. The third-order valence-electron chi connectivity index (χ3n) is 31.3. The third-order valence-corrected chi connectivity index (χ3v) is 31.3. The molecule has 2 heteroatoms. The molecule has 28 rings (SSSR count). The highest BCUT2D eigenvalue weighted by atomic mass is 15.1. The van der Waals surface area contributed by atoms with Gasteiger partial charge in [-0.05, 0) is 358 Å². The molecule has 8 saturated carbocycles. The van der Waals surface area contributed by atoms with Gasteiger partial charge in [-0.1, -0.05) is 334 Å². The first-order valence-corrected chi connectivity index (χ1v) is 46.3. The minimum atomic E-state index is 0.128. The molecule has 126 heavy (non-hydrogen) atoms. The summed E-state index contributed by atoms with van der Waals surface area (Å²) in [4.78, 5) is 4.76. The van der Waals surface area contributed by atoms with Crippen LogP contribution in [0.2, 0.25) is 0 Å². The van der Waals surface area contributed by atoms with Crippen LogP contribution in [0, 0.1) is 47.3 Å². The van der Waals surface area contributed by atoms with E-state index in [1.54, 1.807) is 22.3 Å². The van der Waals surface area contributed by atoms with Gasteiger partial charge in [0.25, 0.3) is 0 Å². The fourth-order valence-electron chi connectivity index (χ4n) is 26.4. The van der Waals surface area contributed by atoms with E-state index in [0.29, 0.717) is 0 Å². The number of nitrogens with zero attached hydrogens (tertiary/aromatic N) is 2. The lowest BCUT2D eigenvalue weighted by Crippen LogP contribution is -2.55. The fraction of sp³-hybridized carbons (Fsp3) is 0.161. The largest absolute Gasteiger partial charge is 0.311 e. The van der Waals surface area contributed by atoms with Gasteiger partial charge >= 0.3 is 0 Å². The monoisotopic (exact) mass is 1610 g/mol. The maximum atomic E-state index is 2.55. The fourth-order valence-corrected chi connectivity index (χ4v) is 26.4. The highest BCUT2D eigenvalue weighted by molar-refractivity contribution is 5.99. The Bertz CT molecular complexity index is 7110. The number of anilines is 6. The minimum absolute atomic E-state index is 0.128. The van der Waals surface area contributed by atoms with Gasteiger partial charge in [0.2, 0.25) is 0 Å². The van der Waals surface area contributed by atoms with Crippen molar-refractivity contribution >= 4 is 55.7 Å². The molecule has 10 aliphatic rings. The lowest BCUT2D eigenvalue weighted by atomic mass is 9.42. The summed E-state index contributed by atoms with van der Waals surface area (Å²) in [7, 11) is 0. The zero-order chi connectivity index (χ0) is 83.0. The van der Waals surface area contributed by atoms with Crippen LogP contribution in [0.5, 0.6) is 0 Å². The topological polar surface area (TPSA) is 6.48 Å². The van der Waals surface area contributed by atoms with Crippen LogP contribution < -0.4 is 9.80 Å². The summed E-state index contributed by atoms with van der Waals surface area (Å²) in [6, 6.07) is 158. The molecule has 0 radical (unpaired) electrons. The first-order valence-electron chi connectivity index (χ1n) is 46.3. The van der Waals surface area contributed by atoms with E-state index in [9.17, 15) is 0 Å². The van der Waals surface area contributed by atoms with Crippen LogP contribution in [-0.4, -0.2) is 0 Å². The van der Waals surface area contributed by atoms with Gasteiger partial charge < -0.3 is 9.80 Å². The Morgan fingerprint density at radius 2 is 0.437 bits per heavy atom. The Morgan fingerprint density at radius 3 is 0.889 bits per heavy atom. The van der Waals surface area contributed by atoms with E-state index in [-0.39, 0.29) is 10.8 Å². The van der Waals surface area contributed by atoms with Crippen molar-refractivity contribution in [1.29, 1.82) is 0 Å². The lowest BCUT2D eigenvalue weighted by molar-refractivity contribution is -0.0399. The molecule has 0 unspecified atom stereocenters. The third kappa shape index (κ3) is 12.4. The molecular weight excluding hydrogens is 1520 g/mol. The molecule has 8 fully saturated rings. The SMILES string of the molecule is c1ccc(-c2ccc(N(c3ccc(-c4cccc(-c5ccc6c(c5)-c5ccccc5C65C6CC7CC(C6)CC5C7)c4)cc3)c3ccc(-c4cccc5ccccc45)cc3)cc2)cc1.c1ccc(-c2ccc(N(c3ccc(-c4cccc(-c5cccc6c5C5(c7ccccc7-6)C6CC7CC(C6)CC5C7)c4)cc3)c3ccc(-c4cccc5ccccc45)cc3)cc2)cc1. The first-order chi connectivity index (χ1) is 62.4. The Hall–Kier alpha value is -13.9. The van der Waals surface area contributed by atoms with Crippen LogP contribution in [0.1, 0.15) is 86.5 Å². The number of hydrogen-bond acceptors (Lipinski definition) is 2. The molecular formula is C124H98N2. The van der Waals surface area contributed by atoms with E-state index in [2.05, 4.69) is 434 Å². The first kappa shape index (κ1) is 74.7. The Morgan fingerprint density at radius 1 is 0.167 bits per heavy atom. The zero-order valence-corrected chi connectivity index (χ0v) is 71.0. The van der Waals surface area contributed by atoms with E-state index >= 15 is 0 Å². The van der Waals surface area contributed by atoms with Crippen LogP contribution in [0.15, 0.2) is 425 Å². The molecule has 0 heterocycles. The second kappa shape index (κ2) is 30.5. The molecule has 18 aromatic rings. The molecule has 0 aliphatic heterocycles. The maximum Gasteiger partial charge on any atom is 0.0462 e. The Kier molecular flexibility index (Phi) is 18.1. The van der Waals surface area contributed by atoms with E-state index in [0.717, 1.165) is 81.5 Å². The van der Waals surface area contributed by atoms with Crippen LogP contribution in [0.25, 0.3) is 133 Å². The summed E-state index contributed by atoms with van der Waals surface area (Å²) < 4.78 is 0. The van der Waals surface area contributed by atoms with Crippen molar-refractivity contribution in [2.75, 3.05) is 9.80 Å². The van der Waals surface area contributed by atoms with Gasteiger partial charge in [0.05, 0.1) is 0 Å². The molecule has 10 aliphatic carbocycles. The van der Waals surface area contributed by atoms with E-state index < -0.39 is 0 Å². The average molecular weight is 1620 g/mol.